The maximum atomic E-state index is 13.5. The third-order valence-electron chi connectivity index (χ3n) is 3.54. The lowest BCUT2D eigenvalue weighted by Gasteiger charge is -2.09. The van der Waals surface area contributed by atoms with Crippen molar-refractivity contribution in [2.45, 2.75) is 38.5 Å². The molecule has 0 aromatic heterocycles. The van der Waals surface area contributed by atoms with E-state index < -0.39 is 12.3 Å². The Hall–Kier alpha value is -1.25. The number of benzene rings is 1. The van der Waals surface area contributed by atoms with E-state index in [2.05, 4.69) is 0 Å². The van der Waals surface area contributed by atoms with Crippen molar-refractivity contribution in [2.75, 3.05) is 0 Å². The second kappa shape index (κ2) is 4.55. The van der Waals surface area contributed by atoms with Gasteiger partial charge in [-0.1, -0.05) is 18.2 Å². The first-order chi connectivity index (χ1) is 8.04. The third-order valence-corrected chi connectivity index (χ3v) is 3.54. The van der Waals surface area contributed by atoms with Crippen LogP contribution in [0.5, 0.6) is 0 Å². The molecule has 4 atom stereocenters. The molecule has 0 heterocycles. The maximum absolute atomic E-state index is 13.5. The summed E-state index contributed by atoms with van der Waals surface area (Å²) in [5.41, 5.74) is 2.56. The van der Waals surface area contributed by atoms with Crippen molar-refractivity contribution < 1.29 is 13.6 Å². The van der Waals surface area contributed by atoms with Crippen molar-refractivity contribution >= 4 is 6.29 Å². The standard InChI is InChI=1S/C14H16F2O/c1-8-5-10(3-4-11(8)7-17)12-6-13(12)14(16)9(2)15/h3-5,7,9,12-14H,6H2,1-2H3. The van der Waals surface area contributed by atoms with E-state index in [4.69, 9.17) is 0 Å². The SMILES string of the molecule is Cc1cc(C2CC2C(F)C(C)F)ccc1C=O. The predicted octanol–water partition coefficient (Wildman–Crippen LogP) is 3.61. The summed E-state index contributed by atoms with van der Waals surface area (Å²) in [4.78, 5) is 10.7. The largest absolute Gasteiger partial charge is 0.298 e. The molecule has 0 amide bonds. The molecule has 17 heavy (non-hydrogen) atoms. The highest BCUT2D eigenvalue weighted by Crippen LogP contribution is 2.51. The van der Waals surface area contributed by atoms with Gasteiger partial charge in [-0.15, -0.1) is 0 Å². The van der Waals surface area contributed by atoms with Crippen LogP contribution in [0.4, 0.5) is 8.78 Å². The molecule has 92 valence electrons. The van der Waals surface area contributed by atoms with E-state index in [1.807, 2.05) is 19.1 Å². The first-order valence-electron chi connectivity index (χ1n) is 5.88. The molecule has 0 aliphatic heterocycles. The lowest BCUT2D eigenvalue weighted by Crippen LogP contribution is -2.16. The van der Waals surface area contributed by atoms with E-state index in [9.17, 15) is 13.6 Å². The van der Waals surface area contributed by atoms with Crippen molar-refractivity contribution in [3.05, 3.63) is 34.9 Å². The zero-order valence-electron chi connectivity index (χ0n) is 9.99. The van der Waals surface area contributed by atoms with Gasteiger partial charge < -0.3 is 0 Å². The van der Waals surface area contributed by atoms with Gasteiger partial charge in [-0.3, -0.25) is 4.79 Å². The number of halogens is 2. The highest BCUT2D eigenvalue weighted by molar-refractivity contribution is 5.77. The van der Waals surface area contributed by atoms with Crippen LogP contribution in [0, 0.1) is 12.8 Å². The molecule has 0 saturated heterocycles. The fourth-order valence-corrected chi connectivity index (χ4v) is 2.35. The lowest BCUT2D eigenvalue weighted by atomic mass is 10.0. The lowest BCUT2D eigenvalue weighted by molar-refractivity contribution is 0.112. The average molecular weight is 238 g/mol. The third kappa shape index (κ3) is 2.38. The quantitative estimate of drug-likeness (QED) is 0.732. The van der Waals surface area contributed by atoms with Crippen LogP contribution < -0.4 is 0 Å². The van der Waals surface area contributed by atoms with Gasteiger partial charge in [0, 0.05) is 11.5 Å². The molecule has 1 saturated carbocycles. The second-order valence-electron chi connectivity index (χ2n) is 4.86. The number of aryl methyl sites for hydroxylation is 1. The Morgan fingerprint density at radius 2 is 2.12 bits per heavy atom. The van der Waals surface area contributed by atoms with Crippen LogP contribution in [0.25, 0.3) is 0 Å². The molecule has 1 aliphatic rings. The average Bonchev–Trinajstić information content (AvgIpc) is 3.07. The van der Waals surface area contributed by atoms with Crippen molar-refractivity contribution in [3.63, 3.8) is 0 Å². The van der Waals surface area contributed by atoms with Gasteiger partial charge in [-0.2, -0.15) is 0 Å². The zero-order chi connectivity index (χ0) is 12.6. The second-order valence-corrected chi connectivity index (χ2v) is 4.86. The number of rotatable bonds is 4. The topological polar surface area (TPSA) is 17.1 Å². The summed E-state index contributed by atoms with van der Waals surface area (Å²) >= 11 is 0. The molecule has 1 aromatic rings. The van der Waals surface area contributed by atoms with Crippen molar-refractivity contribution in [3.8, 4) is 0 Å². The van der Waals surface area contributed by atoms with E-state index in [1.54, 1.807) is 6.07 Å². The molecule has 1 aliphatic carbocycles. The molecule has 0 N–H and O–H groups in total. The minimum absolute atomic E-state index is 0.114. The maximum Gasteiger partial charge on any atom is 0.150 e. The Bertz CT molecular complexity index is 428. The minimum Gasteiger partial charge on any atom is -0.298 e. The summed E-state index contributed by atoms with van der Waals surface area (Å²) in [7, 11) is 0. The van der Waals surface area contributed by atoms with Gasteiger partial charge in [0.15, 0.2) is 0 Å². The molecule has 0 spiro atoms. The number of hydrogen-bond acceptors (Lipinski definition) is 1. The van der Waals surface area contributed by atoms with Crippen LogP contribution in [0.15, 0.2) is 18.2 Å². The Kier molecular flexibility index (Phi) is 3.27. The normalized spacial score (nSPS) is 26.4. The summed E-state index contributed by atoms with van der Waals surface area (Å²) in [6, 6.07) is 5.50. The molecule has 0 radical (unpaired) electrons. The van der Waals surface area contributed by atoms with Crippen molar-refractivity contribution in [1.82, 2.24) is 0 Å². The molecular weight excluding hydrogens is 222 g/mol. The molecule has 1 nitrogen and oxygen atoms in total. The Labute approximate surface area is 99.8 Å². The van der Waals surface area contributed by atoms with Crippen molar-refractivity contribution in [2.24, 2.45) is 5.92 Å². The number of carbonyl (C=O) groups is 1. The van der Waals surface area contributed by atoms with Gasteiger partial charge in [0.05, 0.1) is 0 Å². The van der Waals surface area contributed by atoms with Gasteiger partial charge in [0.1, 0.15) is 18.6 Å². The van der Waals surface area contributed by atoms with E-state index in [0.29, 0.717) is 12.0 Å². The number of carbonyl (C=O) groups excluding carboxylic acids is 1. The van der Waals surface area contributed by atoms with Crippen LogP contribution in [-0.4, -0.2) is 18.6 Å². The molecule has 4 unspecified atom stereocenters. The molecule has 0 bridgehead atoms. The van der Waals surface area contributed by atoms with Gasteiger partial charge in [0.2, 0.25) is 0 Å². The van der Waals surface area contributed by atoms with E-state index in [1.165, 1.54) is 6.92 Å². The van der Waals surface area contributed by atoms with E-state index in [0.717, 1.165) is 17.4 Å². The Morgan fingerprint density at radius 1 is 1.41 bits per heavy atom. The smallest absolute Gasteiger partial charge is 0.150 e. The van der Waals surface area contributed by atoms with Gasteiger partial charge in [-0.25, -0.2) is 8.78 Å². The predicted molar refractivity (Wildman–Crippen MR) is 62.9 cm³/mol. The van der Waals surface area contributed by atoms with Crippen molar-refractivity contribution in [1.29, 1.82) is 0 Å². The monoisotopic (exact) mass is 238 g/mol. The van der Waals surface area contributed by atoms with Crippen LogP contribution in [0.3, 0.4) is 0 Å². The highest BCUT2D eigenvalue weighted by atomic mass is 19.2. The zero-order valence-corrected chi connectivity index (χ0v) is 9.99. The summed E-state index contributed by atoms with van der Waals surface area (Å²) in [5, 5.41) is 0. The summed E-state index contributed by atoms with van der Waals surface area (Å²) in [6.07, 6.45) is -1.26. The van der Waals surface area contributed by atoms with Crippen LogP contribution in [-0.2, 0) is 0 Å². The van der Waals surface area contributed by atoms with E-state index in [-0.39, 0.29) is 11.8 Å². The number of alkyl halides is 2. The number of aldehydes is 1. The summed E-state index contributed by atoms with van der Waals surface area (Å²) in [5.74, 6) is -0.0842. The number of hydrogen-bond donors (Lipinski definition) is 0. The molecule has 3 heteroatoms. The fraction of sp³-hybridized carbons (Fsp3) is 0.500. The first kappa shape index (κ1) is 12.2. The van der Waals surface area contributed by atoms with Gasteiger partial charge in [-0.05, 0) is 37.3 Å². The highest BCUT2D eigenvalue weighted by Gasteiger charge is 2.46. The summed E-state index contributed by atoms with van der Waals surface area (Å²) < 4.78 is 26.3. The molecule has 2 rings (SSSR count). The molecule has 1 fully saturated rings. The van der Waals surface area contributed by atoms with Crippen LogP contribution in [0.1, 0.15) is 40.7 Å². The molecule has 1 aromatic carbocycles. The summed E-state index contributed by atoms with van der Waals surface area (Å²) in [6.45, 7) is 3.12. The first-order valence-corrected chi connectivity index (χ1v) is 5.88. The minimum atomic E-state index is -1.40. The van der Waals surface area contributed by atoms with Gasteiger partial charge in [0.25, 0.3) is 0 Å². The van der Waals surface area contributed by atoms with Crippen LogP contribution >= 0.6 is 0 Å². The molecular formula is C14H16F2O. The Balaban J connectivity index is 2.11. The Morgan fingerprint density at radius 3 is 2.65 bits per heavy atom. The fourth-order valence-electron chi connectivity index (χ4n) is 2.35. The van der Waals surface area contributed by atoms with Gasteiger partial charge >= 0.3 is 0 Å². The van der Waals surface area contributed by atoms with Crippen LogP contribution in [0.2, 0.25) is 0 Å². The van der Waals surface area contributed by atoms with E-state index >= 15 is 0 Å².